The molecule has 112 valence electrons. The minimum Gasteiger partial charge on any atom is -0.489 e. The summed E-state index contributed by atoms with van der Waals surface area (Å²) in [6.07, 6.45) is 1.64. The molecule has 0 aliphatic carbocycles. The van der Waals surface area contributed by atoms with E-state index in [9.17, 15) is 0 Å². The van der Waals surface area contributed by atoms with Crippen LogP contribution in [0.1, 0.15) is 24.8 Å². The Balaban J connectivity index is 2.16. The molecule has 2 heterocycles. The average Bonchev–Trinajstić information content (AvgIpc) is 2.84. The zero-order valence-corrected chi connectivity index (χ0v) is 13.3. The zero-order chi connectivity index (χ0) is 14.8. The number of ether oxygens (including phenoxy) is 2. The zero-order valence-electron chi connectivity index (χ0n) is 11.7. The molecular formula is C14H16BrN3O3. The standard InChI is InChI=1S/C14H16BrN3O3/c1-2-8-9(14-17-11(7-16)21-18-14)6-10(15)13-12(8)19-4-3-5-20-13/h6H,2-5,7,16H2,1H3. The molecule has 21 heavy (non-hydrogen) atoms. The lowest BCUT2D eigenvalue weighted by molar-refractivity contribution is 0.295. The molecule has 0 spiro atoms. The van der Waals surface area contributed by atoms with Gasteiger partial charge < -0.3 is 19.7 Å². The molecule has 0 saturated carbocycles. The van der Waals surface area contributed by atoms with Crippen molar-refractivity contribution < 1.29 is 14.0 Å². The molecule has 0 fully saturated rings. The van der Waals surface area contributed by atoms with E-state index < -0.39 is 0 Å². The quantitative estimate of drug-likeness (QED) is 0.913. The van der Waals surface area contributed by atoms with E-state index in [0.29, 0.717) is 24.9 Å². The van der Waals surface area contributed by atoms with E-state index in [1.807, 2.05) is 6.07 Å². The van der Waals surface area contributed by atoms with Gasteiger partial charge in [0.05, 0.1) is 24.2 Å². The Hall–Kier alpha value is -1.60. The normalized spacial score (nSPS) is 14.0. The third-order valence-corrected chi connectivity index (χ3v) is 3.90. The van der Waals surface area contributed by atoms with Crippen LogP contribution in [0.3, 0.4) is 0 Å². The molecule has 0 radical (unpaired) electrons. The van der Waals surface area contributed by atoms with Crippen molar-refractivity contribution in [3.8, 4) is 22.9 Å². The number of aromatic nitrogens is 2. The Bertz CT molecular complexity index is 657. The highest BCUT2D eigenvalue weighted by Gasteiger charge is 2.23. The monoisotopic (exact) mass is 353 g/mol. The van der Waals surface area contributed by atoms with Crippen LogP contribution in [0.4, 0.5) is 0 Å². The molecule has 1 aromatic carbocycles. The molecular weight excluding hydrogens is 338 g/mol. The maximum Gasteiger partial charge on any atom is 0.240 e. The second-order valence-electron chi connectivity index (χ2n) is 4.66. The van der Waals surface area contributed by atoms with Crippen LogP contribution in [0.25, 0.3) is 11.4 Å². The maximum absolute atomic E-state index is 5.88. The molecule has 2 aromatic rings. The lowest BCUT2D eigenvalue weighted by atomic mass is 10.0. The smallest absolute Gasteiger partial charge is 0.240 e. The van der Waals surface area contributed by atoms with Crippen molar-refractivity contribution in [1.29, 1.82) is 0 Å². The van der Waals surface area contributed by atoms with E-state index >= 15 is 0 Å². The molecule has 0 unspecified atom stereocenters. The number of hydrogen-bond donors (Lipinski definition) is 1. The van der Waals surface area contributed by atoms with Gasteiger partial charge in [0.2, 0.25) is 11.7 Å². The fraction of sp³-hybridized carbons (Fsp3) is 0.429. The first-order chi connectivity index (χ1) is 10.2. The van der Waals surface area contributed by atoms with Crippen LogP contribution in [0.15, 0.2) is 15.1 Å². The fourth-order valence-corrected chi connectivity index (χ4v) is 2.86. The molecule has 0 bridgehead atoms. The number of benzene rings is 1. The van der Waals surface area contributed by atoms with E-state index in [0.717, 1.165) is 39.9 Å². The Morgan fingerprint density at radius 3 is 2.71 bits per heavy atom. The molecule has 1 aliphatic heterocycles. The molecule has 2 N–H and O–H groups in total. The van der Waals surface area contributed by atoms with E-state index in [1.165, 1.54) is 0 Å². The highest BCUT2D eigenvalue weighted by molar-refractivity contribution is 9.10. The maximum atomic E-state index is 5.88. The summed E-state index contributed by atoms with van der Waals surface area (Å²) in [6, 6.07) is 1.94. The first-order valence-electron chi connectivity index (χ1n) is 6.88. The average molecular weight is 354 g/mol. The minimum absolute atomic E-state index is 0.222. The van der Waals surface area contributed by atoms with Crippen LogP contribution in [0.2, 0.25) is 0 Å². The van der Waals surface area contributed by atoms with Gasteiger partial charge in [-0.2, -0.15) is 4.98 Å². The Labute approximate surface area is 130 Å². The summed E-state index contributed by atoms with van der Waals surface area (Å²) < 4.78 is 17.6. The molecule has 7 heteroatoms. The number of halogens is 1. The molecule has 6 nitrogen and oxygen atoms in total. The Morgan fingerprint density at radius 1 is 1.29 bits per heavy atom. The third-order valence-electron chi connectivity index (χ3n) is 3.31. The second-order valence-corrected chi connectivity index (χ2v) is 5.52. The molecule has 1 aliphatic rings. The summed E-state index contributed by atoms with van der Waals surface area (Å²) >= 11 is 3.54. The Kier molecular flexibility index (Phi) is 4.12. The van der Waals surface area contributed by atoms with Gasteiger partial charge in [-0.25, -0.2) is 0 Å². The lowest BCUT2D eigenvalue weighted by Gasteiger charge is -2.16. The first kappa shape index (κ1) is 14.3. The van der Waals surface area contributed by atoms with Crippen molar-refractivity contribution in [2.75, 3.05) is 13.2 Å². The number of nitrogens with two attached hydrogens (primary N) is 1. The van der Waals surface area contributed by atoms with Crippen LogP contribution in [-0.2, 0) is 13.0 Å². The highest BCUT2D eigenvalue weighted by Crippen LogP contribution is 2.44. The molecule has 0 saturated heterocycles. The number of rotatable bonds is 3. The van der Waals surface area contributed by atoms with E-state index in [2.05, 4.69) is 33.0 Å². The second kappa shape index (κ2) is 6.03. The van der Waals surface area contributed by atoms with Crippen LogP contribution in [0, 0.1) is 0 Å². The van der Waals surface area contributed by atoms with Crippen molar-refractivity contribution in [3.63, 3.8) is 0 Å². The van der Waals surface area contributed by atoms with Gasteiger partial charge in [-0.3, -0.25) is 0 Å². The van der Waals surface area contributed by atoms with Gasteiger partial charge in [0.1, 0.15) is 0 Å². The largest absolute Gasteiger partial charge is 0.489 e. The van der Waals surface area contributed by atoms with Crippen molar-refractivity contribution in [1.82, 2.24) is 10.1 Å². The number of nitrogens with zero attached hydrogens (tertiary/aromatic N) is 2. The summed E-state index contributed by atoms with van der Waals surface area (Å²) in [4.78, 5) is 4.30. The van der Waals surface area contributed by atoms with Crippen LogP contribution >= 0.6 is 15.9 Å². The van der Waals surface area contributed by atoms with E-state index in [4.69, 9.17) is 19.7 Å². The van der Waals surface area contributed by atoms with Crippen LogP contribution < -0.4 is 15.2 Å². The van der Waals surface area contributed by atoms with Gasteiger partial charge in [-0.15, -0.1) is 0 Å². The van der Waals surface area contributed by atoms with Crippen molar-refractivity contribution in [2.24, 2.45) is 5.73 Å². The fourth-order valence-electron chi connectivity index (χ4n) is 2.34. The molecule has 0 amide bonds. The summed E-state index contributed by atoms with van der Waals surface area (Å²) in [7, 11) is 0. The number of fused-ring (bicyclic) bond motifs is 1. The van der Waals surface area contributed by atoms with Crippen molar-refractivity contribution in [3.05, 3.63) is 22.0 Å². The number of hydrogen-bond acceptors (Lipinski definition) is 6. The SMILES string of the molecule is CCc1c(-c2noc(CN)n2)cc(Br)c2c1OCCCO2. The van der Waals surface area contributed by atoms with Crippen LogP contribution in [0.5, 0.6) is 11.5 Å². The van der Waals surface area contributed by atoms with Gasteiger partial charge in [0.15, 0.2) is 11.5 Å². The van der Waals surface area contributed by atoms with Gasteiger partial charge in [-0.1, -0.05) is 12.1 Å². The van der Waals surface area contributed by atoms with Crippen LogP contribution in [-0.4, -0.2) is 23.4 Å². The van der Waals surface area contributed by atoms with Gasteiger partial charge in [0, 0.05) is 17.5 Å². The third kappa shape index (κ3) is 2.63. The summed E-state index contributed by atoms with van der Waals surface area (Å²) in [5.74, 6) is 2.44. The summed E-state index contributed by atoms with van der Waals surface area (Å²) in [5, 5.41) is 4.00. The summed E-state index contributed by atoms with van der Waals surface area (Å²) in [6.45, 7) is 3.56. The van der Waals surface area contributed by atoms with Gasteiger partial charge >= 0.3 is 0 Å². The minimum atomic E-state index is 0.222. The van der Waals surface area contributed by atoms with E-state index in [-0.39, 0.29) is 6.54 Å². The Morgan fingerprint density at radius 2 is 2.05 bits per heavy atom. The predicted octanol–water partition coefficient (Wildman–Crippen LogP) is 2.68. The lowest BCUT2D eigenvalue weighted by Crippen LogP contribution is -2.01. The summed E-state index contributed by atoms with van der Waals surface area (Å²) in [5.41, 5.74) is 7.41. The molecule has 3 rings (SSSR count). The molecule has 1 aromatic heterocycles. The van der Waals surface area contributed by atoms with Crippen molar-refractivity contribution in [2.45, 2.75) is 26.3 Å². The predicted molar refractivity (Wildman–Crippen MR) is 80.3 cm³/mol. The first-order valence-corrected chi connectivity index (χ1v) is 7.67. The van der Waals surface area contributed by atoms with Gasteiger partial charge in [0.25, 0.3) is 0 Å². The highest BCUT2D eigenvalue weighted by atomic mass is 79.9. The van der Waals surface area contributed by atoms with E-state index in [1.54, 1.807) is 0 Å². The topological polar surface area (TPSA) is 83.4 Å². The van der Waals surface area contributed by atoms with Gasteiger partial charge in [-0.05, 0) is 28.4 Å². The molecule has 0 atom stereocenters. The van der Waals surface area contributed by atoms with Crippen molar-refractivity contribution >= 4 is 15.9 Å².